The molecule has 2 amide bonds. The van der Waals surface area contributed by atoms with Gasteiger partial charge in [-0.2, -0.15) is 5.01 Å². The van der Waals surface area contributed by atoms with E-state index in [4.69, 9.17) is 44.9 Å². The summed E-state index contributed by atoms with van der Waals surface area (Å²) in [5, 5.41) is 4.08. The number of hydrazine groups is 1. The Labute approximate surface area is 243 Å². The molecule has 2 aliphatic rings. The zero-order chi connectivity index (χ0) is 26.8. The Hall–Kier alpha value is -2.56. The molecule has 0 atom stereocenters. The number of halogens is 2. The fraction of sp³-hybridized carbons (Fsp3) is 0.222. The molecule has 0 unspecified atom stereocenters. The summed E-state index contributed by atoms with van der Waals surface area (Å²) in [6.45, 7) is 0.234. The van der Waals surface area contributed by atoms with Crippen LogP contribution >= 0.6 is 58.5 Å². The second-order valence-electron chi connectivity index (χ2n) is 8.65. The first kappa shape index (κ1) is 27.0. The number of aryl methyl sites for hydroxylation is 1. The highest BCUT2D eigenvalue weighted by Gasteiger charge is 2.34. The Balaban J connectivity index is 1.28. The van der Waals surface area contributed by atoms with Crippen LogP contribution in [0.3, 0.4) is 0 Å². The monoisotopic (exact) mass is 604 g/mol. The number of nitrogens with one attached hydrogen (secondary N) is 1. The van der Waals surface area contributed by atoms with Crippen molar-refractivity contribution in [1.82, 2.24) is 10.4 Å². The third-order valence-electron chi connectivity index (χ3n) is 6.20. The first-order valence-electron chi connectivity index (χ1n) is 11.8. The molecule has 38 heavy (non-hydrogen) atoms. The summed E-state index contributed by atoms with van der Waals surface area (Å²) >= 11 is 20.3. The maximum Gasteiger partial charge on any atom is 0.285 e. The molecule has 5 rings (SSSR count). The van der Waals surface area contributed by atoms with Crippen LogP contribution in [0, 0.1) is 0 Å². The number of benzene rings is 2. The minimum Gasteiger partial charge on any atom is -0.493 e. The fourth-order valence-corrected chi connectivity index (χ4v) is 7.02. The van der Waals surface area contributed by atoms with Gasteiger partial charge in [0.25, 0.3) is 11.8 Å². The molecule has 6 nitrogen and oxygen atoms in total. The van der Waals surface area contributed by atoms with Gasteiger partial charge in [0.2, 0.25) is 0 Å². The van der Waals surface area contributed by atoms with Crippen molar-refractivity contribution in [3.8, 4) is 11.5 Å². The van der Waals surface area contributed by atoms with Gasteiger partial charge in [-0.1, -0.05) is 47.1 Å². The predicted octanol–water partition coefficient (Wildman–Crippen LogP) is 7.07. The summed E-state index contributed by atoms with van der Waals surface area (Å²) in [6.07, 6.45) is 5.80. The van der Waals surface area contributed by atoms with E-state index in [1.807, 2.05) is 11.4 Å². The van der Waals surface area contributed by atoms with Crippen LogP contribution in [0.2, 0.25) is 10.0 Å². The topological polar surface area (TPSA) is 67.9 Å². The molecule has 1 aliphatic carbocycles. The summed E-state index contributed by atoms with van der Waals surface area (Å²) < 4.78 is 11.7. The zero-order valence-corrected chi connectivity index (χ0v) is 24.2. The molecule has 0 saturated carbocycles. The van der Waals surface area contributed by atoms with Gasteiger partial charge in [0.05, 0.1) is 17.6 Å². The number of carbonyl (C=O) groups excluding carboxylic acids is 2. The number of carbonyl (C=O) groups is 2. The number of thiocarbonyl (C=S) groups is 1. The van der Waals surface area contributed by atoms with E-state index in [1.165, 1.54) is 4.88 Å². The lowest BCUT2D eigenvalue weighted by molar-refractivity contribution is -0.123. The van der Waals surface area contributed by atoms with E-state index in [-0.39, 0.29) is 22.7 Å². The summed E-state index contributed by atoms with van der Waals surface area (Å²) in [4.78, 5) is 27.7. The molecule has 11 heteroatoms. The number of ether oxygens (including phenoxy) is 2. The van der Waals surface area contributed by atoms with Crippen LogP contribution in [0.25, 0.3) is 6.08 Å². The number of amides is 2. The Bertz CT molecular complexity index is 1470. The van der Waals surface area contributed by atoms with E-state index >= 15 is 0 Å². The van der Waals surface area contributed by atoms with Gasteiger partial charge in [-0.05, 0) is 79.4 Å². The van der Waals surface area contributed by atoms with Crippen LogP contribution in [-0.4, -0.2) is 28.3 Å². The Kier molecular flexibility index (Phi) is 8.30. The molecule has 2 aromatic carbocycles. The fourth-order valence-electron chi connectivity index (χ4n) is 4.25. The number of nitrogens with zero attached hydrogens (tertiary/aromatic N) is 1. The molecule has 1 N–H and O–H groups in total. The van der Waals surface area contributed by atoms with Gasteiger partial charge in [0.15, 0.2) is 15.8 Å². The summed E-state index contributed by atoms with van der Waals surface area (Å²) in [5.41, 5.74) is 5.93. The number of hydrogen-bond donors (Lipinski definition) is 1. The van der Waals surface area contributed by atoms with E-state index in [0.717, 1.165) is 59.1 Å². The highest BCUT2D eigenvalue weighted by Crippen LogP contribution is 2.35. The highest BCUT2D eigenvalue weighted by molar-refractivity contribution is 8.26. The van der Waals surface area contributed by atoms with Gasteiger partial charge in [0, 0.05) is 25.9 Å². The third-order valence-corrected chi connectivity index (χ3v) is 9.17. The van der Waals surface area contributed by atoms with Crippen molar-refractivity contribution in [2.75, 3.05) is 7.11 Å². The van der Waals surface area contributed by atoms with Crippen LogP contribution in [0.4, 0.5) is 0 Å². The highest BCUT2D eigenvalue weighted by atomic mass is 35.5. The third kappa shape index (κ3) is 5.72. The molecular formula is C27H22Cl2N2O4S3. The van der Waals surface area contributed by atoms with Crippen LogP contribution in [0.5, 0.6) is 11.5 Å². The molecule has 196 valence electrons. The second-order valence-corrected chi connectivity index (χ2v) is 12.1. The SMILES string of the molecule is COc1cc(C=C2SC(=S)N(NC(=O)c3csc4c3CCCC4)C2=O)ccc1OCc1ccc(Cl)cc1Cl. The van der Waals surface area contributed by atoms with Crippen LogP contribution in [0.1, 0.15) is 44.8 Å². The minimum atomic E-state index is -0.380. The number of hydrogen-bond acceptors (Lipinski definition) is 7. The van der Waals surface area contributed by atoms with Gasteiger partial charge in [-0.25, -0.2) is 0 Å². The minimum absolute atomic E-state index is 0.234. The zero-order valence-electron chi connectivity index (χ0n) is 20.2. The number of fused-ring (bicyclic) bond motifs is 1. The lowest BCUT2D eigenvalue weighted by atomic mass is 9.96. The smallest absolute Gasteiger partial charge is 0.285 e. The maximum atomic E-state index is 13.1. The van der Waals surface area contributed by atoms with E-state index in [9.17, 15) is 9.59 Å². The van der Waals surface area contributed by atoms with E-state index in [1.54, 1.807) is 54.9 Å². The lowest BCUT2D eigenvalue weighted by Crippen LogP contribution is -2.45. The first-order valence-corrected chi connectivity index (χ1v) is 14.6. The molecule has 0 radical (unpaired) electrons. The van der Waals surface area contributed by atoms with E-state index in [2.05, 4.69) is 5.43 Å². The Morgan fingerprint density at radius 1 is 1.16 bits per heavy atom. The molecular weight excluding hydrogens is 583 g/mol. The molecule has 1 aliphatic heterocycles. The van der Waals surface area contributed by atoms with Gasteiger partial charge < -0.3 is 9.47 Å². The maximum absolute atomic E-state index is 13.1. The predicted molar refractivity (Wildman–Crippen MR) is 157 cm³/mol. The van der Waals surface area contributed by atoms with Crippen molar-refractivity contribution >= 4 is 80.7 Å². The number of methoxy groups -OCH3 is 1. The molecule has 0 spiro atoms. The molecule has 1 aromatic heterocycles. The van der Waals surface area contributed by atoms with Crippen molar-refractivity contribution in [2.24, 2.45) is 0 Å². The summed E-state index contributed by atoms with van der Waals surface area (Å²) in [5.74, 6) is 0.324. The second kappa shape index (κ2) is 11.7. The first-order chi connectivity index (χ1) is 18.3. The Morgan fingerprint density at radius 3 is 2.76 bits per heavy atom. The average molecular weight is 606 g/mol. The van der Waals surface area contributed by atoms with Gasteiger partial charge in [0.1, 0.15) is 6.61 Å². The number of rotatable bonds is 7. The van der Waals surface area contributed by atoms with Crippen LogP contribution in [-0.2, 0) is 24.2 Å². The van der Waals surface area contributed by atoms with Gasteiger partial charge in [-0.15, -0.1) is 11.3 Å². The van der Waals surface area contributed by atoms with Crippen molar-refractivity contribution in [1.29, 1.82) is 0 Å². The molecule has 0 bridgehead atoms. The Morgan fingerprint density at radius 2 is 1.97 bits per heavy atom. The molecule has 3 aromatic rings. The van der Waals surface area contributed by atoms with E-state index in [0.29, 0.717) is 32.0 Å². The number of thioether (sulfide) groups is 1. The summed E-state index contributed by atoms with van der Waals surface area (Å²) in [6, 6.07) is 10.6. The quantitative estimate of drug-likeness (QED) is 0.230. The van der Waals surface area contributed by atoms with Crippen molar-refractivity contribution < 1.29 is 19.1 Å². The van der Waals surface area contributed by atoms with Crippen molar-refractivity contribution in [3.63, 3.8) is 0 Å². The lowest BCUT2D eigenvalue weighted by Gasteiger charge is -2.17. The van der Waals surface area contributed by atoms with E-state index < -0.39 is 0 Å². The van der Waals surface area contributed by atoms with Gasteiger partial charge in [-0.3, -0.25) is 15.0 Å². The van der Waals surface area contributed by atoms with Gasteiger partial charge >= 0.3 is 0 Å². The average Bonchev–Trinajstić information content (AvgIpc) is 3.45. The molecule has 1 saturated heterocycles. The summed E-state index contributed by atoms with van der Waals surface area (Å²) in [7, 11) is 1.54. The van der Waals surface area contributed by atoms with Crippen LogP contribution < -0.4 is 14.9 Å². The standard InChI is InChI=1S/C27H22Cl2N2O4S3/c1-34-22-10-15(6-9-21(22)35-13-16-7-8-17(28)12-20(16)29)11-24-26(33)31(27(36)38-24)30-25(32)19-14-37-23-5-3-2-4-18(19)23/h6-12,14H,2-5,13H2,1H3,(H,30,32). The van der Waals surface area contributed by atoms with Crippen molar-refractivity contribution in [3.05, 3.63) is 83.9 Å². The molecule has 2 heterocycles. The largest absolute Gasteiger partial charge is 0.493 e. The number of thiophene rings is 1. The molecule has 1 fully saturated rings. The van der Waals surface area contributed by atoms with Crippen molar-refractivity contribution in [2.45, 2.75) is 32.3 Å². The normalized spacial score (nSPS) is 16.1. The van der Waals surface area contributed by atoms with Crippen LogP contribution in [0.15, 0.2) is 46.7 Å².